The number of hydrogen-bond donors (Lipinski definition) is 1. The molecule has 0 radical (unpaired) electrons. The predicted octanol–water partition coefficient (Wildman–Crippen LogP) is 1.18. The molecule has 1 rings (SSSR count). The molecule has 94 valence electrons. The van der Waals surface area contributed by atoms with E-state index in [1.165, 1.54) is 0 Å². The topological polar surface area (TPSA) is 73.2 Å². The SMILES string of the molecule is Cn1ccnc1C(C=O)NC(=O)OC(C)(C)C. The largest absolute Gasteiger partial charge is 0.444 e. The van der Waals surface area contributed by atoms with Gasteiger partial charge >= 0.3 is 6.09 Å². The minimum absolute atomic E-state index is 0.464. The van der Waals surface area contributed by atoms with Crippen molar-refractivity contribution in [3.8, 4) is 0 Å². The molecule has 1 N–H and O–H groups in total. The second-order valence-electron chi connectivity index (χ2n) is 4.66. The van der Waals surface area contributed by atoms with Gasteiger partial charge < -0.3 is 19.4 Å². The molecule has 0 saturated heterocycles. The Hall–Kier alpha value is -1.85. The molecule has 1 heterocycles. The number of amides is 1. The fourth-order valence-electron chi connectivity index (χ4n) is 1.27. The molecular weight excluding hydrogens is 222 g/mol. The van der Waals surface area contributed by atoms with Gasteiger partial charge in [-0.05, 0) is 20.8 Å². The van der Waals surface area contributed by atoms with E-state index >= 15 is 0 Å². The zero-order chi connectivity index (χ0) is 13.1. The maximum atomic E-state index is 11.5. The third kappa shape index (κ3) is 3.90. The number of aryl methyl sites for hydroxylation is 1. The van der Waals surface area contributed by atoms with E-state index < -0.39 is 17.7 Å². The van der Waals surface area contributed by atoms with Crippen molar-refractivity contribution in [3.05, 3.63) is 18.2 Å². The van der Waals surface area contributed by atoms with Crippen LogP contribution in [-0.4, -0.2) is 27.5 Å². The summed E-state index contributed by atoms with van der Waals surface area (Å²) in [7, 11) is 1.75. The summed E-state index contributed by atoms with van der Waals surface area (Å²) in [5, 5.41) is 2.45. The second kappa shape index (κ2) is 4.99. The van der Waals surface area contributed by atoms with Gasteiger partial charge in [0.25, 0.3) is 0 Å². The number of aldehydes is 1. The quantitative estimate of drug-likeness (QED) is 0.804. The summed E-state index contributed by atoms with van der Waals surface area (Å²) in [4.78, 5) is 26.4. The van der Waals surface area contributed by atoms with Crippen LogP contribution >= 0.6 is 0 Å². The van der Waals surface area contributed by atoms with Crippen LogP contribution in [0.1, 0.15) is 32.6 Å². The molecule has 1 aromatic rings. The molecule has 0 saturated carbocycles. The third-order valence-corrected chi connectivity index (χ3v) is 1.94. The Balaban J connectivity index is 2.69. The Morgan fingerprint density at radius 2 is 2.24 bits per heavy atom. The van der Waals surface area contributed by atoms with Crippen molar-refractivity contribution in [3.63, 3.8) is 0 Å². The molecule has 0 bridgehead atoms. The third-order valence-electron chi connectivity index (χ3n) is 1.94. The molecule has 0 fully saturated rings. The first-order chi connectivity index (χ1) is 7.83. The van der Waals surface area contributed by atoms with Crippen molar-refractivity contribution < 1.29 is 14.3 Å². The van der Waals surface area contributed by atoms with E-state index in [1.54, 1.807) is 44.8 Å². The Bertz CT molecular complexity index is 406. The molecule has 1 amide bonds. The van der Waals surface area contributed by atoms with E-state index in [4.69, 9.17) is 4.74 Å². The number of rotatable bonds is 3. The van der Waals surface area contributed by atoms with Gasteiger partial charge in [0.05, 0.1) is 0 Å². The zero-order valence-corrected chi connectivity index (χ0v) is 10.4. The van der Waals surface area contributed by atoms with Gasteiger partial charge in [0.2, 0.25) is 0 Å². The van der Waals surface area contributed by atoms with Crippen LogP contribution in [0.3, 0.4) is 0 Å². The normalized spacial score (nSPS) is 12.9. The maximum absolute atomic E-state index is 11.5. The van der Waals surface area contributed by atoms with Crippen LogP contribution in [0.2, 0.25) is 0 Å². The molecule has 0 aliphatic heterocycles. The van der Waals surface area contributed by atoms with Crippen molar-refractivity contribution in [2.24, 2.45) is 7.05 Å². The van der Waals surface area contributed by atoms with Crippen LogP contribution < -0.4 is 5.32 Å². The first-order valence-corrected chi connectivity index (χ1v) is 5.25. The maximum Gasteiger partial charge on any atom is 0.408 e. The van der Waals surface area contributed by atoms with Crippen LogP contribution in [0.15, 0.2) is 12.4 Å². The molecule has 0 spiro atoms. The lowest BCUT2D eigenvalue weighted by molar-refractivity contribution is -0.110. The van der Waals surface area contributed by atoms with Gasteiger partial charge in [0, 0.05) is 19.4 Å². The number of carbonyl (C=O) groups excluding carboxylic acids is 2. The molecule has 17 heavy (non-hydrogen) atoms. The van der Waals surface area contributed by atoms with E-state index in [2.05, 4.69) is 10.3 Å². The number of hydrogen-bond acceptors (Lipinski definition) is 4. The fraction of sp³-hybridized carbons (Fsp3) is 0.545. The minimum atomic E-state index is -0.801. The average Bonchev–Trinajstić information content (AvgIpc) is 2.58. The highest BCUT2D eigenvalue weighted by Gasteiger charge is 2.22. The molecular formula is C11H17N3O3. The number of imidazole rings is 1. The Labute approximate surface area is 100.0 Å². The summed E-state index contributed by atoms with van der Waals surface area (Å²) in [5.41, 5.74) is -0.598. The standard InChI is InChI=1S/C11H17N3O3/c1-11(2,3)17-10(16)13-8(7-15)9-12-5-6-14(9)4/h5-8H,1-4H3,(H,13,16). The number of ether oxygens (including phenoxy) is 1. The van der Waals surface area contributed by atoms with Crippen LogP contribution in [0, 0.1) is 0 Å². The van der Waals surface area contributed by atoms with Gasteiger partial charge in [0.15, 0.2) is 0 Å². The summed E-state index contributed by atoms with van der Waals surface area (Å²) in [6, 6.07) is -0.801. The smallest absolute Gasteiger partial charge is 0.408 e. The van der Waals surface area contributed by atoms with Crippen molar-refractivity contribution >= 4 is 12.4 Å². The molecule has 1 aromatic heterocycles. The van der Waals surface area contributed by atoms with Crippen molar-refractivity contribution in [2.45, 2.75) is 32.4 Å². The van der Waals surface area contributed by atoms with Crippen molar-refractivity contribution in [1.82, 2.24) is 14.9 Å². The fourth-order valence-corrected chi connectivity index (χ4v) is 1.27. The first-order valence-electron chi connectivity index (χ1n) is 5.25. The van der Waals surface area contributed by atoms with Crippen LogP contribution in [0.4, 0.5) is 4.79 Å². The Morgan fingerprint density at radius 3 is 2.65 bits per heavy atom. The Morgan fingerprint density at radius 1 is 1.59 bits per heavy atom. The van der Waals surface area contributed by atoms with Crippen molar-refractivity contribution in [2.75, 3.05) is 0 Å². The summed E-state index contributed by atoms with van der Waals surface area (Å²) >= 11 is 0. The van der Waals surface area contributed by atoms with Gasteiger partial charge in [-0.15, -0.1) is 0 Å². The molecule has 0 aromatic carbocycles. The number of nitrogens with one attached hydrogen (secondary N) is 1. The lowest BCUT2D eigenvalue weighted by atomic mass is 10.2. The van der Waals surface area contributed by atoms with Gasteiger partial charge in [-0.3, -0.25) is 0 Å². The highest BCUT2D eigenvalue weighted by atomic mass is 16.6. The zero-order valence-electron chi connectivity index (χ0n) is 10.4. The summed E-state index contributed by atoms with van der Waals surface area (Å²) in [6.45, 7) is 5.26. The molecule has 6 nitrogen and oxygen atoms in total. The van der Waals surface area contributed by atoms with Crippen LogP contribution in [0.25, 0.3) is 0 Å². The van der Waals surface area contributed by atoms with Gasteiger partial charge in [-0.2, -0.15) is 0 Å². The van der Waals surface area contributed by atoms with Crippen molar-refractivity contribution in [1.29, 1.82) is 0 Å². The average molecular weight is 239 g/mol. The number of alkyl carbamates (subject to hydrolysis) is 1. The van der Waals surface area contributed by atoms with E-state index in [0.717, 1.165) is 0 Å². The summed E-state index contributed by atoms with van der Waals surface area (Å²) in [6.07, 6.45) is 3.23. The second-order valence-corrected chi connectivity index (χ2v) is 4.66. The van der Waals surface area contributed by atoms with Gasteiger partial charge in [-0.25, -0.2) is 9.78 Å². The van der Waals surface area contributed by atoms with Gasteiger partial charge in [0.1, 0.15) is 23.8 Å². The van der Waals surface area contributed by atoms with E-state index in [-0.39, 0.29) is 0 Å². The van der Waals surface area contributed by atoms with E-state index in [1.807, 2.05) is 0 Å². The number of aromatic nitrogens is 2. The highest BCUT2D eigenvalue weighted by Crippen LogP contribution is 2.10. The molecule has 0 aliphatic rings. The summed E-state index contributed by atoms with van der Waals surface area (Å²) in [5.74, 6) is 0.464. The van der Waals surface area contributed by atoms with E-state index in [0.29, 0.717) is 12.1 Å². The first kappa shape index (κ1) is 13.2. The lowest BCUT2D eigenvalue weighted by Crippen LogP contribution is -2.36. The van der Waals surface area contributed by atoms with Crippen LogP contribution in [0.5, 0.6) is 0 Å². The highest BCUT2D eigenvalue weighted by molar-refractivity contribution is 5.73. The monoisotopic (exact) mass is 239 g/mol. The van der Waals surface area contributed by atoms with E-state index in [9.17, 15) is 9.59 Å². The molecule has 6 heteroatoms. The number of nitrogens with zero attached hydrogens (tertiary/aromatic N) is 2. The summed E-state index contributed by atoms with van der Waals surface area (Å²) < 4.78 is 6.73. The lowest BCUT2D eigenvalue weighted by Gasteiger charge is -2.21. The predicted molar refractivity (Wildman–Crippen MR) is 61.4 cm³/mol. The molecule has 1 atom stereocenters. The number of carbonyl (C=O) groups is 2. The van der Waals surface area contributed by atoms with Crippen LogP contribution in [-0.2, 0) is 16.6 Å². The Kier molecular flexibility index (Phi) is 3.88. The minimum Gasteiger partial charge on any atom is -0.444 e. The van der Waals surface area contributed by atoms with Gasteiger partial charge in [-0.1, -0.05) is 0 Å². The molecule has 0 aliphatic carbocycles. The molecule has 1 unspecified atom stereocenters.